The third-order valence-corrected chi connectivity index (χ3v) is 14.0. The number of aliphatic hydroxyl groups is 7. The van der Waals surface area contributed by atoms with Gasteiger partial charge < -0.3 is 50.5 Å². The molecule has 1 aliphatic heterocycles. The maximum absolute atomic E-state index is 13.2. The summed E-state index contributed by atoms with van der Waals surface area (Å²) in [7, 11) is 0. The summed E-state index contributed by atoms with van der Waals surface area (Å²) in [5, 5.41) is 76.1. The van der Waals surface area contributed by atoms with Gasteiger partial charge in [-0.1, -0.05) is 237 Å². The molecule has 1 heterocycles. The van der Waals surface area contributed by atoms with E-state index in [-0.39, 0.29) is 12.8 Å². The lowest BCUT2D eigenvalue weighted by Gasteiger charge is -2.40. The Morgan fingerprint density at radius 3 is 1.31 bits per heavy atom. The third kappa shape index (κ3) is 34.8. The van der Waals surface area contributed by atoms with E-state index in [1.165, 1.54) is 180 Å². The summed E-state index contributed by atoms with van der Waals surface area (Å²) in [6.45, 7) is 3.46. The van der Waals surface area contributed by atoms with Crippen LogP contribution in [-0.4, -0.2) is 110 Å². The number of ether oxygens (including phenoxy) is 2. The molecular weight excluding hydrogens is 859 g/mol. The maximum atomic E-state index is 13.2. The van der Waals surface area contributed by atoms with Crippen LogP contribution in [0.4, 0.5) is 0 Å². The molecule has 0 aromatic rings. The molecule has 8 N–H and O–H groups in total. The number of carbonyl (C=O) groups is 1. The summed E-state index contributed by atoms with van der Waals surface area (Å²) in [6, 6.07) is -1.19. The monoisotopic (exact) mass is 968 g/mol. The molecule has 0 aliphatic carbocycles. The van der Waals surface area contributed by atoms with Gasteiger partial charge in [0, 0.05) is 0 Å². The fourth-order valence-electron chi connectivity index (χ4n) is 9.28. The Labute approximate surface area is 416 Å². The molecule has 0 saturated carbocycles. The summed E-state index contributed by atoms with van der Waals surface area (Å²) >= 11 is 0. The number of nitrogens with one attached hydrogen (secondary N) is 1. The number of hydrogen-bond donors (Lipinski definition) is 8. The average molecular weight is 968 g/mol. The summed E-state index contributed by atoms with van der Waals surface area (Å²) in [6.07, 6.45) is 43.8. The highest BCUT2D eigenvalue weighted by Crippen LogP contribution is 2.23. The van der Waals surface area contributed by atoms with Crippen molar-refractivity contribution in [2.24, 2.45) is 0 Å². The summed E-state index contributed by atoms with van der Waals surface area (Å²) in [4.78, 5) is 13.2. The molecule has 0 radical (unpaired) electrons. The van der Waals surface area contributed by atoms with E-state index in [0.29, 0.717) is 19.3 Å². The standard InChI is InChI=1S/C57H109NO10/c1-3-5-7-9-11-13-15-17-19-21-23-24-25-26-27-29-31-33-35-37-39-41-43-45-50(61)56(66)58-48(47-67-57-55(65)54(64)53(63)51(46-59)68-57)52(62)49(60)44-42-40-38-36-34-32-30-28-22-20-18-16-14-12-10-8-6-4-2/h28,30,36,38,48-55,57,59-65H,3-27,29,31-35,37,39-47H2,1-2H3,(H,58,66)/b30-28+,38-36+. The molecule has 1 fully saturated rings. The van der Waals surface area contributed by atoms with Crippen LogP contribution in [0.3, 0.4) is 0 Å². The normalized spacial score (nSPS) is 20.6. The molecule has 1 rings (SSSR count). The van der Waals surface area contributed by atoms with E-state index < -0.39 is 74.2 Å². The van der Waals surface area contributed by atoms with E-state index in [1.54, 1.807) is 0 Å². The lowest BCUT2D eigenvalue weighted by Crippen LogP contribution is -2.60. The van der Waals surface area contributed by atoms with Crippen LogP contribution in [0.5, 0.6) is 0 Å². The highest BCUT2D eigenvalue weighted by atomic mass is 16.7. The molecule has 0 bridgehead atoms. The van der Waals surface area contributed by atoms with Gasteiger partial charge in [-0.05, 0) is 51.4 Å². The molecule has 9 atom stereocenters. The summed E-state index contributed by atoms with van der Waals surface area (Å²) in [5.41, 5.74) is 0. The van der Waals surface area contributed by atoms with Crippen LogP contribution in [0.1, 0.15) is 264 Å². The van der Waals surface area contributed by atoms with E-state index in [0.717, 1.165) is 38.5 Å². The molecule has 9 unspecified atom stereocenters. The van der Waals surface area contributed by atoms with E-state index >= 15 is 0 Å². The first kappa shape index (κ1) is 64.6. The quantitative estimate of drug-likeness (QED) is 0.0215. The number of aliphatic hydroxyl groups excluding tert-OH is 7. The Hall–Kier alpha value is -1.41. The number of allylic oxidation sites excluding steroid dienone is 4. The van der Waals surface area contributed by atoms with Gasteiger partial charge >= 0.3 is 0 Å². The van der Waals surface area contributed by atoms with Crippen LogP contribution in [0.15, 0.2) is 24.3 Å². The van der Waals surface area contributed by atoms with E-state index in [1.807, 2.05) is 0 Å². The van der Waals surface area contributed by atoms with Gasteiger partial charge in [0.25, 0.3) is 0 Å². The first-order valence-corrected chi connectivity index (χ1v) is 28.7. The Kier molecular flexibility index (Phi) is 44.3. The zero-order valence-electron chi connectivity index (χ0n) is 43.9. The van der Waals surface area contributed by atoms with Crippen LogP contribution in [0, 0.1) is 0 Å². The molecule has 11 nitrogen and oxygen atoms in total. The number of unbranched alkanes of at least 4 members (excludes halogenated alkanes) is 33. The molecule has 1 saturated heterocycles. The highest BCUT2D eigenvalue weighted by molar-refractivity contribution is 5.80. The van der Waals surface area contributed by atoms with E-state index in [9.17, 15) is 40.5 Å². The van der Waals surface area contributed by atoms with Gasteiger partial charge in [0.2, 0.25) is 5.91 Å². The molecule has 0 aromatic heterocycles. The van der Waals surface area contributed by atoms with Crippen molar-refractivity contribution in [2.75, 3.05) is 13.2 Å². The minimum atomic E-state index is -1.67. The zero-order valence-corrected chi connectivity index (χ0v) is 43.9. The van der Waals surface area contributed by atoms with Crippen molar-refractivity contribution >= 4 is 5.91 Å². The second-order valence-corrected chi connectivity index (χ2v) is 20.4. The van der Waals surface area contributed by atoms with Gasteiger partial charge in [-0.2, -0.15) is 0 Å². The number of carbonyl (C=O) groups excluding carboxylic acids is 1. The van der Waals surface area contributed by atoms with Gasteiger partial charge in [-0.3, -0.25) is 4.79 Å². The summed E-state index contributed by atoms with van der Waals surface area (Å²) < 4.78 is 11.1. The lowest BCUT2D eigenvalue weighted by atomic mass is 9.98. The van der Waals surface area contributed by atoms with Gasteiger partial charge in [-0.15, -0.1) is 0 Å². The predicted octanol–water partition coefficient (Wildman–Crippen LogP) is 11.7. The predicted molar refractivity (Wildman–Crippen MR) is 279 cm³/mol. The molecule has 1 aliphatic rings. The minimum absolute atomic E-state index is 0.249. The zero-order chi connectivity index (χ0) is 49.7. The molecular formula is C57H109NO10. The fraction of sp³-hybridized carbons (Fsp3) is 0.912. The first-order chi connectivity index (χ1) is 33.2. The minimum Gasteiger partial charge on any atom is -0.394 e. The summed E-state index contributed by atoms with van der Waals surface area (Å²) in [5.74, 6) is -0.706. The Balaban J connectivity index is 2.33. The topological polar surface area (TPSA) is 189 Å². The molecule has 68 heavy (non-hydrogen) atoms. The van der Waals surface area contributed by atoms with Crippen molar-refractivity contribution < 1.29 is 50.0 Å². The maximum Gasteiger partial charge on any atom is 0.249 e. The van der Waals surface area contributed by atoms with Crippen LogP contribution < -0.4 is 5.32 Å². The van der Waals surface area contributed by atoms with Crippen molar-refractivity contribution in [1.82, 2.24) is 5.32 Å². The lowest BCUT2D eigenvalue weighted by molar-refractivity contribution is -0.303. The Morgan fingerprint density at radius 1 is 0.500 bits per heavy atom. The van der Waals surface area contributed by atoms with Crippen LogP contribution in [-0.2, 0) is 14.3 Å². The average Bonchev–Trinajstić information content (AvgIpc) is 3.34. The van der Waals surface area contributed by atoms with Gasteiger partial charge in [0.05, 0.1) is 25.4 Å². The van der Waals surface area contributed by atoms with Crippen LogP contribution in [0.2, 0.25) is 0 Å². The Morgan fingerprint density at radius 2 is 0.882 bits per heavy atom. The van der Waals surface area contributed by atoms with Crippen LogP contribution >= 0.6 is 0 Å². The molecule has 402 valence electrons. The number of hydrogen-bond acceptors (Lipinski definition) is 10. The van der Waals surface area contributed by atoms with Gasteiger partial charge in [-0.25, -0.2) is 0 Å². The molecule has 0 aromatic carbocycles. The van der Waals surface area contributed by atoms with Crippen molar-refractivity contribution in [2.45, 2.75) is 319 Å². The van der Waals surface area contributed by atoms with Crippen molar-refractivity contribution in [3.05, 3.63) is 24.3 Å². The third-order valence-electron chi connectivity index (χ3n) is 14.0. The number of rotatable bonds is 49. The van der Waals surface area contributed by atoms with Gasteiger partial charge in [0.1, 0.15) is 36.6 Å². The fourth-order valence-corrected chi connectivity index (χ4v) is 9.28. The highest BCUT2D eigenvalue weighted by Gasteiger charge is 2.44. The first-order valence-electron chi connectivity index (χ1n) is 28.7. The second-order valence-electron chi connectivity index (χ2n) is 20.4. The van der Waals surface area contributed by atoms with Crippen LogP contribution in [0.25, 0.3) is 0 Å². The van der Waals surface area contributed by atoms with Crippen molar-refractivity contribution in [1.29, 1.82) is 0 Å². The molecule has 0 spiro atoms. The largest absolute Gasteiger partial charge is 0.394 e. The smallest absolute Gasteiger partial charge is 0.249 e. The van der Waals surface area contributed by atoms with Crippen molar-refractivity contribution in [3.8, 4) is 0 Å². The molecule has 1 amide bonds. The SMILES string of the molecule is CCCCCCCCCCC/C=C/CC/C=C/CCCC(O)C(O)C(COC1OC(CO)C(O)C(O)C1O)NC(=O)C(O)CCCCCCCCCCCCCCCCCCCCCCCCC. The van der Waals surface area contributed by atoms with Crippen molar-refractivity contribution in [3.63, 3.8) is 0 Å². The van der Waals surface area contributed by atoms with Gasteiger partial charge in [0.15, 0.2) is 6.29 Å². The van der Waals surface area contributed by atoms with E-state index in [4.69, 9.17) is 9.47 Å². The second kappa shape index (κ2) is 46.6. The van der Waals surface area contributed by atoms with E-state index in [2.05, 4.69) is 43.5 Å². The number of amides is 1. The Bertz CT molecular complexity index is 1160. The molecule has 11 heteroatoms.